The lowest BCUT2D eigenvalue weighted by Crippen LogP contribution is -2.53. The van der Waals surface area contributed by atoms with Crippen LogP contribution in [0.15, 0.2) is 0 Å². The predicted molar refractivity (Wildman–Crippen MR) is 76.8 cm³/mol. The van der Waals surface area contributed by atoms with Crippen LogP contribution in [0.25, 0.3) is 0 Å². The van der Waals surface area contributed by atoms with Crippen LogP contribution in [0.2, 0.25) is 0 Å². The van der Waals surface area contributed by atoms with Crippen LogP contribution in [-0.4, -0.2) is 36.7 Å². The van der Waals surface area contributed by atoms with Gasteiger partial charge < -0.3 is 4.74 Å². The first-order valence-electron chi connectivity index (χ1n) is 7.79. The minimum absolute atomic E-state index is 0.321. The number of piperidine rings is 1. The molecule has 1 atom stereocenters. The SMILES string of the molecule is COC1CCN(CC2CCC(C)CC2)C(C)(C)C1. The standard InChI is InChI=1S/C16H31NO/c1-13-5-7-14(8-6-13)12-17-10-9-15(18-4)11-16(17,2)3/h13-15H,5-12H2,1-4H3. The summed E-state index contributed by atoms with van der Waals surface area (Å²) in [7, 11) is 1.86. The largest absolute Gasteiger partial charge is 0.381 e. The summed E-state index contributed by atoms with van der Waals surface area (Å²) in [6, 6.07) is 0. The summed E-state index contributed by atoms with van der Waals surface area (Å²) in [5.74, 6) is 1.91. The Kier molecular flexibility index (Phi) is 4.71. The Hall–Kier alpha value is -0.0800. The Labute approximate surface area is 113 Å². The van der Waals surface area contributed by atoms with Gasteiger partial charge in [0.05, 0.1) is 6.10 Å². The average Bonchev–Trinajstić information content (AvgIpc) is 2.34. The van der Waals surface area contributed by atoms with Gasteiger partial charge in [0.15, 0.2) is 0 Å². The Morgan fingerprint density at radius 2 is 1.78 bits per heavy atom. The van der Waals surface area contributed by atoms with Crippen LogP contribution < -0.4 is 0 Å². The highest BCUT2D eigenvalue weighted by Crippen LogP contribution is 2.34. The number of nitrogens with zero attached hydrogens (tertiary/aromatic N) is 1. The molecule has 1 unspecified atom stereocenters. The highest BCUT2D eigenvalue weighted by atomic mass is 16.5. The van der Waals surface area contributed by atoms with Crippen LogP contribution in [0.1, 0.15) is 59.3 Å². The van der Waals surface area contributed by atoms with Gasteiger partial charge in [-0.1, -0.05) is 19.8 Å². The molecule has 0 amide bonds. The zero-order chi connectivity index (χ0) is 13.2. The fourth-order valence-electron chi connectivity index (χ4n) is 3.75. The first-order valence-corrected chi connectivity index (χ1v) is 7.79. The number of methoxy groups -OCH3 is 1. The number of hydrogen-bond donors (Lipinski definition) is 0. The molecule has 2 fully saturated rings. The summed E-state index contributed by atoms with van der Waals surface area (Å²) >= 11 is 0. The van der Waals surface area contributed by atoms with Crippen molar-refractivity contribution in [3.63, 3.8) is 0 Å². The molecule has 0 bridgehead atoms. The van der Waals surface area contributed by atoms with Crippen LogP contribution in [-0.2, 0) is 4.74 Å². The van der Waals surface area contributed by atoms with Gasteiger partial charge in [-0.05, 0) is 51.4 Å². The van der Waals surface area contributed by atoms with Crippen molar-refractivity contribution >= 4 is 0 Å². The molecule has 1 saturated heterocycles. The molecule has 1 saturated carbocycles. The van der Waals surface area contributed by atoms with E-state index in [1.54, 1.807) is 0 Å². The summed E-state index contributed by atoms with van der Waals surface area (Å²) in [4.78, 5) is 2.73. The van der Waals surface area contributed by atoms with Gasteiger partial charge in [-0.25, -0.2) is 0 Å². The number of ether oxygens (including phenoxy) is 1. The van der Waals surface area contributed by atoms with E-state index in [1.807, 2.05) is 7.11 Å². The third kappa shape index (κ3) is 3.48. The molecule has 106 valence electrons. The Bertz CT molecular complexity index is 256. The van der Waals surface area contributed by atoms with Crippen LogP contribution in [0, 0.1) is 11.8 Å². The van der Waals surface area contributed by atoms with E-state index in [1.165, 1.54) is 51.6 Å². The van der Waals surface area contributed by atoms with Gasteiger partial charge in [-0.3, -0.25) is 4.90 Å². The number of rotatable bonds is 3. The molecular formula is C16H31NO. The molecule has 1 heterocycles. The van der Waals surface area contributed by atoms with E-state index in [4.69, 9.17) is 4.74 Å². The van der Waals surface area contributed by atoms with Crippen molar-refractivity contribution < 1.29 is 4.74 Å². The second-order valence-corrected chi connectivity index (χ2v) is 7.23. The highest BCUT2D eigenvalue weighted by Gasteiger charge is 2.36. The molecule has 2 rings (SSSR count). The van der Waals surface area contributed by atoms with Gasteiger partial charge >= 0.3 is 0 Å². The lowest BCUT2D eigenvalue weighted by atomic mass is 9.81. The Balaban J connectivity index is 1.85. The van der Waals surface area contributed by atoms with Crippen molar-refractivity contribution in [2.45, 2.75) is 70.9 Å². The first-order chi connectivity index (χ1) is 8.51. The van der Waals surface area contributed by atoms with Gasteiger partial charge in [-0.2, -0.15) is 0 Å². The van der Waals surface area contributed by atoms with E-state index in [0.29, 0.717) is 11.6 Å². The van der Waals surface area contributed by atoms with Crippen molar-refractivity contribution in [2.24, 2.45) is 11.8 Å². The zero-order valence-corrected chi connectivity index (χ0v) is 12.7. The monoisotopic (exact) mass is 253 g/mol. The maximum atomic E-state index is 5.55. The van der Waals surface area contributed by atoms with Crippen molar-refractivity contribution in [3.8, 4) is 0 Å². The fourth-order valence-corrected chi connectivity index (χ4v) is 3.75. The van der Waals surface area contributed by atoms with Gasteiger partial charge in [0.25, 0.3) is 0 Å². The summed E-state index contributed by atoms with van der Waals surface area (Å²) in [5.41, 5.74) is 0.321. The molecule has 0 spiro atoms. The molecule has 0 aromatic rings. The van der Waals surface area contributed by atoms with Gasteiger partial charge in [-0.15, -0.1) is 0 Å². The minimum atomic E-state index is 0.321. The maximum absolute atomic E-state index is 5.55. The smallest absolute Gasteiger partial charge is 0.0601 e. The summed E-state index contributed by atoms with van der Waals surface area (Å²) < 4.78 is 5.55. The lowest BCUT2D eigenvalue weighted by Gasteiger charge is -2.47. The molecule has 0 radical (unpaired) electrons. The molecule has 0 aromatic carbocycles. The number of likely N-dealkylation sites (tertiary alicyclic amines) is 1. The third-order valence-corrected chi connectivity index (χ3v) is 5.25. The Morgan fingerprint density at radius 3 is 2.33 bits per heavy atom. The molecule has 2 nitrogen and oxygen atoms in total. The fraction of sp³-hybridized carbons (Fsp3) is 1.00. The second kappa shape index (κ2) is 5.92. The molecule has 0 N–H and O–H groups in total. The highest BCUT2D eigenvalue weighted by molar-refractivity contribution is 4.91. The number of hydrogen-bond acceptors (Lipinski definition) is 2. The van der Waals surface area contributed by atoms with Crippen molar-refractivity contribution in [1.82, 2.24) is 4.90 Å². The molecule has 1 aliphatic carbocycles. The average molecular weight is 253 g/mol. The van der Waals surface area contributed by atoms with E-state index < -0.39 is 0 Å². The van der Waals surface area contributed by atoms with Crippen molar-refractivity contribution in [1.29, 1.82) is 0 Å². The molecule has 0 aromatic heterocycles. The second-order valence-electron chi connectivity index (χ2n) is 7.23. The quantitative estimate of drug-likeness (QED) is 0.760. The van der Waals surface area contributed by atoms with E-state index in [2.05, 4.69) is 25.7 Å². The van der Waals surface area contributed by atoms with Crippen molar-refractivity contribution in [2.75, 3.05) is 20.2 Å². The summed E-state index contributed by atoms with van der Waals surface area (Å²) in [6.07, 6.45) is 8.65. The van der Waals surface area contributed by atoms with E-state index in [0.717, 1.165) is 11.8 Å². The van der Waals surface area contributed by atoms with Gasteiger partial charge in [0.1, 0.15) is 0 Å². The topological polar surface area (TPSA) is 12.5 Å². The molecule has 2 heteroatoms. The van der Waals surface area contributed by atoms with Gasteiger partial charge in [0, 0.05) is 25.7 Å². The first kappa shape index (κ1) is 14.3. The van der Waals surface area contributed by atoms with Crippen LogP contribution in [0.5, 0.6) is 0 Å². The Morgan fingerprint density at radius 1 is 1.11 bits per heavy atom. The van der Waals surface area contributed by atoms with E-state index in [-0.39, 0.29) is 0 Å². The minimum Gasteiger partial charge on any atom is -0.381 e. The molecule has 2 aliphatic rings. The molecule has 18 heavy (non-hydrogen) atoms. The summed E-state index contributed by atoms with van der Waals surface area (Å²) in [5, 5.41) is 0. The zero-order valence-electron chi connectivity index (χ0n) is 12.7. The normalized spacial score (nSPS) is 37.7. The van der Waals surface area contributed by atoms with E-state index >= 15 is 0 Å². The molecule has 1 aliphatic heterocycles. The van der Waals surface area contributed by atoms with Crippen LogP contribution in [0.4, 0.5) is 0 Å². The summed E-state index contributed by atoms with van der Waals surface area (Å²) in [6.45, 7) is 9.73. The predicted octanol–water partition coefficient (Wildman–Crippen LogP) is 3.70. The van der Waals surface area contributed by atoms with Gasteiger partial charge in [0.2, 0.25) is 0 Å². The van der Waals surface area contributed by atoms with Crippen LogP contribution >= 0.6 is 0 Å². The van der Waals surface area contributed by atoms with E-state index in [9.17, 15) is 0 Å². The third-order valence-electron chi connectivity index (χ3n) is 5.25. The maximum Gasteiger partial charge on any atom is 0.0601 e. The van der Waals surface area contributed by atoms with Crippen LogP contribution in [0.3, 0.4) is 0 Å². The molecular weight excluding hydrogens is 222 g/mol. The lowest BCUT2D eigenvalue weighted by molar-refractivity contribution is -0.0329. The van der Waals surface area contributed by atoms with Crippen molar-refractivity contribution in [3.05, 3.63) is 0 Å².